The van der Waals surface area contributed by atoms with Crippen molar-refractivity contribution in [3.05, 3.63) is 36.4 Å². The number of hydrogen-bond acceptors (Lipinski definition) is 12. The maximum Gasteiger partial charge on any atom is 0.485 e. The largest absolute Gasteiger partial charge is 0.741 e. The summed E-state index contributed by atoms with van der Waals surface area (Å²) in [4.78, 5) is 2.15. The maximum atomic E-state index is 10.7. The minimum Gasteiger partial charge on any atom is -0.741 e. The van der Waals surface area contributed by atoms with Crippen LogP contribution in [0.1, 0.15) is 187 Å². The first kappa shape index (κ1) is 64.0. The highest BCUT2D eigenvalue weighted by Crippen LogP contribution is 2.58. The second-order valence-electron chi connectivity index (χ2n) is 26.4. The van der Waals surface area contributed by atoms with Crippen LogP contribution in [0, 0.1) is 0 Å². The molecule has 12 nitrogen and oxygen atoms in total. The lowest BCUT2D eigenvalue weighted by atomic mass is 10.1. The molecule has 0 unspecified atom stereocenters. The van der Waals surface area contributed by atoms with E-state index in [1.165, 1.54) is 0 Å². The molecule has 0 aliphatic heterocycles. The van der Waals surface area contributed by atoms with Gasteiger partial charge >= 0.3 is 5.51 Å². The normalized spacial score (nSPS) is 13.7. The number of halogens is 3. The number of benzene rings is 3. The highest BCUT2D eigenvalue weighted by atomic mass is 32.2. The summed E-state index contributed by atoms with van der Waals surface area (Å²) < 4.78 is 122. The Morgan fingerprint density at radius 2 is 0.444 bits per heavy atom. The molecule has 0 amide bonds. The fraction of sp³-hybridized carbons (Fsp3) is 0.673. The van der Waals surface area contributed by atoms with Crippen LogP contribution in [0.5, 0.6) is 51.7 Å². The molecule has 72 heavy (non-hydrogen) atoms. The molecule has 0 atom stereocenters. The fourth-order valence-corrected chi connectivity index (χ4v) is 8.66. The van der Waals surface area contributed by atoms with E-state index in [1.54, 1.807) is 0 Å². The van der Waals surface area contributed by atoms with Crippen LogP contribution in [-0.4, -0.2) is 68.9 Å². The van der Waals surface area contributed by atoms with E-state index in [4.69, 9.17) is 55.6 Å². The first-order chi connectivity index (χ1) is 31.5. The predicted molar refractivity (Wildman–Crippen MR) is 281 cm³/mol. The molecular weight excluding hydrogens is 974 g/mol. The van der Waals surface area contributed by atoms with Gasteiger partial charge in [-0.3, -0.25) is 0 Å². The molecule has 0 heterocycles. The third-order valence-corrected chi connectivity index (χ3v) is 10.6. The minimum absolute atomic E-state index is 0.532. The van der Waals surface area contributed by atoms with Gasteiger partial charge in [-0.15, -0.1) is 0 Å². The number of alkyl halides is 3. The lowest BCUT2D eigenvalue weighted by molar-refractivity contribution is -0.0518. The van der Waals surface area contributed by atoms with Gasteiger partial charge in [-0.2, -0.15) is 13.2 Å². The average Bonchev–Trinajstić information content (AvgIpc) is 3.00. The molecule has 0 saturated carbocycles. The Labute approximate surface area is 433 Å². The summed E-state index contributed by atoms with van der Waals surface area (Å²) in [7, 11) is -7.39. The molecular formula is C55H87F3O12S2. The van der Waals surface area contributed by atoms with Gasteiger partial charge in [0.1, 0.15) is 78.6 Å². The first-order valence-electron chi connectivity index (χ1n) is 24.0. The second-order valence-corrected chi connectivity index (χ2v) is 29.6. The summed E-state index contributed by atoms with van der Waals surface area (Å²) in [5.74, 6) is 5.08. The number of hydrogen-bond donors (Lipinski definition) is 0. The van der Waals surface area contributed by atoms with Gasteiger partial charge in [0.25, 0.3) is 14.7 Å². The molecule has 0 aromatic heterocycles. The number of rotatable bonds is 12. The highest BCUT2D eigenvalue weighted by Gasteiger charge is 2.50. The van der Waals surface area contributed by atoms with E-state index in [0.717, 1.165) is 14.7 Å². The molecule has 17 heteroatoms. The van der Waals surface area contributed by atoms with E-state index in [1.807, 2.05) is 223 Å². The molecule has 3 rings (SSSR count). The van der Waals surface area contributed by atoms with Gasteiger partial charge in [0.2, 0.25) is 0 Å². The van der Waals surface area contributed by atoms with Crippen molar-refractivity contribution in [2.75, 3.05) is 0 Å². The van der Waals surface area contributed by atoms with E-state index in [-0.39, 0.29) is 0 Å². The topological polar surface area (TPSA) is 140 Å². The van der Waals surface area contributed by atoms with Crippen LogP contribution < -0.4 is 42.6 Å². The Balaban J connectivity index is 0.00000203. The van der Waals surface area contributed by atoms with Gasteiger partial charge in [-0.1, -0.05) is 0 Å². The van der Waals surface area contributed by atoms with Crippen LogP contribution in [0.4, 0.5) is 13.2 Å². The van der Waals surface area contributed by atoms with E-state index in [9.17, 15) is 13.2 Å². The molecule has 0 aliphatic rings. The SMILES string of the molecule is CC(C)(C)Oc1cc(OC(C)(C)C)c([S+](c2c(OC(C)(C)C)cc(OC(C)(C)C)cc2OC(C)(C)C)c2c(OC(C)(C)C)cc(OC(C)(C)C)cc2OC(C)(C)C)c(OC(C)(C)C)c1.O=S(=O)([O-])C(F)(F)F. The summed E-state index contributed by atoms with van der Waals surface area (Å²) in [5, 5.41) is 0. The Bertz CT molecular complexity index is 2070. The van der Waals surface area contributed by atoms with Crippen LogP contribution in [-0.2, 0) is 21.0 Å². The quantitative estimate of drug-likeness (QED) is 0.0968. The summed E-state index contributed by atoms with van der Waals surface area (Å²) in [6, 6.07) is 11.8. The van der Waals surface area contributed by atoms with Crippen LogP contribution >= 0.6 is 0 Å². The zero-order chi connectivity index (χ0) is 56.6. The van der Waals surface area contributed by atoms with E-state index in [2.05, 4.69) is 0 Å². The standard InChI is InChI=1S/C54H87O9S.CHF3O3S/c1-46(2,3)55-34-28-37(58-49(10,11)12)43(38(29-34)59-50(13,14)15)64(44-39(60-51(16,17)18)30-35(56-47(4,5)6)31-40(44)61-52(19,20)21)45-41(62-53(22,23)24)32-36(57-48(7,8)9)33-42(45)63-54(25,26)27;2-1(3,4)8(5,6)7/h28-33H,1-27H3;(H,5,6,7)/q+1;/p-1. The van der Waals surface area contributed by atoms with Crippen molar-refractivity contribution in [2.24, 2.45) is 0 Å². The van der Waals surface area contributed by atoms with Crippen molar-refractivity contribution < 1.29 is 68.8 Å². The van der Waals surface area contributed by atoms with Crippen molar-refractivity contribution in [2.45, 2.75) is 258 Å². The Kier molecular flexibility index (Phi) is 19.2. The molecule has 3 aromatic carbocycles. The third-order valence-electron chi connectivity index (χ3n) is 7.65. The second kappa shape index (κ2) is 21.6. The lowest BCUT2D eigenvalue weighted by Gasteiger charge is -2.32. The molecule has 0 N–H and O–H groups in total. The molecule has 412 valence electrons. The molecule has 0 aliphatic carbocycles. The Morgan fingerprint density at radius 3 is 0.542 bits per heavy atom. The maximum absolute atomic E-state index is 10.7. The summed E-state index contributed by atoms with van der Waals surface area (Å²) in [6.07, 6.45) is 0. The zero-order valence-electron chi connectivity index (χ0n) is 48.3. The average molecular weight is 1060 g/mol. The number of ether oxygens (including phenoxy) is 9. The van der Waals surface area contributed by atoms with Crippen molar-refractivity contribution in [3.63, 3.8) is 0 Å². The smallest absolute Gasteiger partial charge is 0.485 e. The minimum atomic E-state index is -6.09. The molecule has 0 radical (unpaired) electrons. The van der Waals surface area contributed by atoms with Crippen molar-refractivity contribution >= 4 is 21.0 Å². The monoisotopic (exact) mass is 1060 g/mol. The first-order valence-corrected chi connectivity index (χ1v) is 26.7. The van der Waals surface area contributed by atoms with Gasteiger partial charge < -0.3 is 47.2 Å². The van der Waals surface area contributed by atoms with Gasteiger partial charge in [0.05, 0.1) is 0 Å². The van der Waals surface area contributed by atoms with Crippen molar-refractivity contribution in [1.82, 2.24) is 0 Å². The van der Waals surface area contributed by atoms with E-state index < -0.39 is 76.9 Å². The summed E-state index contributed by atoms with van der Waals surface area (Å²) >= 11 is 0. The van der Waals surface area contributed by atoms with Crippen LogP contribution in [0.25, 0.3) is 0 Å². The van der Waals surface area contributed by atoms with Crippen LogP contribution in [0.15, 0.2) is 51.1 Å². The summed E-state index contributed by atoms with van der Waals surface area (Å²) in [6.45, 7) is 55.0. The van der Waals surface area contributed by atoms with Gasteiger partial charge in [-0.05, 0) is 187 Å². The van der Waals surface area contributed by atoms with Crippen molar-refractivity contribution in [3.8, 4) is 51.7 Å². The fourth-order valence-electron chi connectivity index (χ4n) is 6.24. The Morgan fingerprint density at radius 1 is 0.319 bits per heavy atom. The van der Waals surface area contributed by atoms with Gasteiger partial charge in [0.15, 0.2) is 44.6 Å². The highest BCUT2D eigenvalue weighted by molar-refractivity contribution is 7.97. The molecule has 3 aromatic rings. The third kappa shape index (κ3) is 23.0. The van der Waals surface area contributed by atoms with Crippen LogP contribution in [0.2, 0.25) is 0 Å². The summed E-state index contributed by atoms with van der Waals surface area (Å²) in [5.41, 5.74) is -11.2. The van der Waals surface area contributed by atoms with E-state index in [0.29, 0.717) is 51.7 Å². The lowest BCUT2D eigenvalue weighted by Crippen LogP contribution is -2.31. The molecule has 0 saturated heterocycles. The molecule has 0 spiro atoms. The zero-order valence-corrected chi connectivity index (χ0v) is 49.9. The van der Waals surface area contributed by atoms with Gasteiger partial charge in [-0.25, -0.2) is 8.42 Å². The van der Waals surface area contributed by atoms with Gasteiger partial charge in [0, 0.05) is 36.4 Å². The predicted octanol–water partition coefficient (Wildman–Crippen LogP) is 15.4. The van der Waals surface area contributed by atoms with Crippen molar-refractivity contribution in [1.29, 1.82) is 0 Å². The molecule has 0 bridgehead atoms. The Hall–Kier alpha value is -4.09. The van der Waals surface area contributed by atoms with E-state index >= 15 is 0 Å². The van der Waals surface area contributed by atoms with Crippen LogP contribution in [0.3, 0.4) is 0 Å². The molecule has 0 fully saturated rings.